The summed E-state index contributed by atoms with van der Waals surface area (Å²) in [5, 5.41) is 0. The monoisotopic (exact) mass is 361 g/mol. The lowest BCUT2D eigenvalue weighted by atomic mass is 9.78. The van der Waals surface area contributed by atoms with E-state index in [-0.39, 0.29) is 12.1 Å². The molecule has 0 spiro atoms. The van der Waals surface area contributed by atoms with Gasteiger partial charge in [-0.2, -0.15) is 26.3 Å². The average Bonchev–Trinajstić information content (AvgIpc) is 2.42. The Bertz CT molecular complexity index is 635. The molecule has 0 saturated heterocycles. The smallest absolute Gasteiger partial charge is 0.416 e. The first kappa shape index (κ1) is 20.2. The third-order valence-electron chi connectivity index (χ3n) is 3.56. The first-order valence-corrected chi connectivity index (χ1v) is 6.45. The number of benzene rings is 1. The molecule has 1 aromatic rings. The molecule has 0 aliphatic heterocycles. The lowest BCUT2D eigenvalue weighted by molar-refractivity contribution is -0.153. The van der Waals surface area contributed by atoms with Crippen molar-refractivity contribution in [2.75, 3.05) is 7.11 Å². The van der Waals surface area contributed by atoms with Crippen molar-refractivity contribution in [3.05, 3.63) is 34.6 Å². The van der Waals surface area contributed by atoms with Gasteiger partial charge < -0.3 is 10.5 Å². The molecule has 0 radical (unpaired) electrons. The predicted molar refractivity (Wildman–Crippen MR) is 69.1 cm³/mol. The number of esters is 1. The van der Waals surface area contributed by atoms with Gasteiger partial charge in [-0.15, -0.1) is 0 Å². The van der Waals surface area contributed by atoms with Gasteiger partial charge in [-0.1, -0.05) is 0 Å². The van der Waals surface area contributed by atoms with Gasteiger partial charge in [-0.05, 0) is 26.0 Å². The van der Waals surface area contributed by atoms with Gasteiger partial charge in [0.25, 0.3) is 0 Å². The van der Waals surface area contributed by atoms with Crippen LogP contribution in [0.15, 0.2) is 12.1 Å². The Kier molecular flexibility index (Phi) is 5.24. The Morgan fingerprint density at radius 3 is 1.96 bits per heavy atom. The lowest BCUT2D eigenvalue weighted by Gasteiger charge is -2.31. The maximum atomic E-state index is 14.1. The number of alkyl halides is 6. The molecule has 2 N–H and O–H groups in total. The van der Waals surface area contributed by atoms with Crippen LogP contribution in [0.25, 0.3) is 0 Å². The van der Waals surface area contributed by atoms with E-state index in [2.05, 4.69) is 4.74 Å². The molecule has 24 heavy (non-hydrogen) atoms. The summed E-state index contributed by atoms with van der Waals surface area (Å²) in [6, 6.07) is -2.20. The van der Waals surface area contributed by atoms with E-state index < -0.39 is 52.3 Å². The standard InChI is InChI=1S/C14H14F7NO2/c1-12(2,11(23)24-3)10(22)9-7(14(19,20)21)4-6(5-8(9)15)13(16,17)18/h4-5,10H,22H2,1-3H3/t10-/m1/s1. The molecule has 1 rings (SSSR count). The van der Waals surface area contributed by atoms with E-state index in [1.165, 1.54) is 0 Å². The molecule has 0 fully saturated rings. The van der Waals surface area contributed by atoms with Crippen molar-refractivity contribution >= 4 is 5.97 Å². The summed E-state index contributed by atoms with van der Waals surface area (Å²) in [6.07, 6.45) is -10.5. The Balaban J connectivity index is 3.67. The topological polar surface area (TPSA) is 52.3 Å². The fraction of sp³-hybridized carbons (Fsp3) is 0.500. The van der Waals surface area contributed by atoms with E-state index in [4.69, 9.17) is 5.73 Å². The van der Waals surface area contributed by atoms with Gasteiger partial charge >= 0.3 is 18.3 Å². The number of carbonyl (C=O) groups is 1. The Hall–Kier alpha value is -1.84. The second kappa shape index (κ2) is 6.23. The van der Waals surface area contributed by atoms with Gasteiger partial charge in [0, 0.05) is 11.6 Å². The highest BCUT2D eigenvalue weighted by molar-refractivity contribution is 5.77. The molecule has 0 aromatic heterocycles. The van der Waals surface area contributed by atoms with Crippen LogP contribution < -0.4 is 5.73 Å². The minimum atomic E-state index is -5.30. The third-order valence-corrected chi connectivity index (χ3v) is 3.56. The highest BCUT2D eigenvalue weighted by Gasteiger charge is 2.45. The molecule has 136 valence electrons. The molecular weight excluding hydrogens is 347 g/mol. The first-order chi connectivity index (χ1) is 10.6. The maximum Gasteiger partial charge on any atom is 0.416 e. The van der Waals surface area contributed by atoms with Crippen molar-refractivity contribution in [3.8, 4) is 0 Å². The van der Waals surface area contributed by atoms with Crippen LogP contribution in [-0.4, -0.2) is 13.1 Å². The summed E-state index contributed by atoms with van der Waals surface area (Å²) in [6.45, 7) is 2.20. The molecule has 0 bridgehead atoms. The summed E-state index contributed by atoms with van der Waals surface area (Å²) in [4.78, 5) is 11.7. The number of hydrogen-bond donors (Lipinski definition) is 1. The van der Waals surface area contributed by atoms with Crippen molar-refractivity contribution in [2.45, 2.75) is 32.2 Å². The van der Waals surface area contributed by atoms with Crippen molar-refractivity contribution in [1.29, 1.82) is 0 Å². The molecule has 0 unspecified atom stereocenters. The van der Waals surface area contributed by atoms with Crippen molar-refractivity contribution in [1.82, 2.24) is 0 Å². The summed E-state index contributed by atoms with van der Waals surface area (Å²) >= 11 is 0. The molecule has 1 atom stereocenters. The second-order valence-electron chi connectivity index (χ2n) is 5.61. The highest BCUT2D eigenvalue weighted by atomic mass is 19.4. The fourth-order valence-corrected chi connectivity index (χ4v) is 2.08. The molecule has 1 aromatic carbocycles. The quantitative estimate of drug-likeness (QED) is 0.653. The second-order valence-corrected chi connectivity index (χ2v) is 5.61. The number of rotatable bonds is 3. The molecule has 0 heterocycles. The molecule has 0 aliphatic rings. The van der Waals surface area contributed by atoms with E-state index in [9.17, 15) is 35.5 Å². The first-order valence-electron chi connectivity index (χ1n) is 6.45. The number of halogens is 7. The Labute approximate surface area is 132 Å². The van der Waals surface area contributed by atoms with E-state index in [0.717, 1.165) is 21.0 Å². The zero-order chi connectivity index (χ0) is 19.1. The summed E-state index contributed by atoms with van der Waals surface area (Å²) in [5.74, 6) is -2.84. The van der Waals surface area contributed by atoms with Gasteiger partial charge in [0.15, 0.2) is 0 Å². The van der Waals surface area contributed by atoms with Crippen LogP contribution in [0.3, 0.4) is 0 Å². The van der Waals surface area contributed by atoms with Crippen LogP contribution in [0.2, 0.25) is 0 Å². The maximum absolute atomic E-state index is 14.1. The average molecular weight is 361 g/mol. The van der Waals surface area contributed by atoms with E-state index in [1.807, 2.05) is 0 Å². The predicted octanol–water partition coefficient (Wildman–Crippen LogP) is 4.06. The lowest BCUT2D eigenvalue weighted by Crippen LogP contribution is -2.39. The largest absolute Gasteiger partial charge is 0.469 e. The van der Waals surface area contributed by atoms with Crippen LogP contribution in [0, 0.1) is 11.2 Å². The Morgan fingerprint density at radius 1 is 1.08 bits per heavy atom. The molecule has 0 amide bonds. The van der Waals surface area contributed by atoms with Gasteiger partial charge in [-0.3, -0.25) is 4.79 Å². The minimum Gasteiger partial charge on any atom is -0.469 e. The summed E-state index contributed by atoms with van der Waals surface area (Å²) in [7, 11) is 0.949. The molecule has 0 saturated carbocycles. The van der Waals surface area contributed by atoms with E-state index in [1.54, 1.807) is 0 Å². The SMILES string of the molecule is COC(=O)C(C)(C)[C@H](N)c1c(F)cc(C(F)(F)F)cc1C(F)(F)F. The summed E-state index contributed by atoms with van der Waals surface area (Å²) in [5.41, 5.74) is -1.15. The number of nitrogens with two attached hydrogens (primary N) is 1. The molecule has 3 nitrogen and oxygen atoms in total. The van der Waals surface area contributed by atoms with E-state index in [0.29, 0.717) is 0 Å². The minimum absolute atomic E-state index is 0.0855. The van der Waals surface area contributed by atoms with Crippen LogP contribution >= 0.6 is 0 Å². The number of ether oxygens (including phenoxy) is 1. The van der Waals surface area contributed by atoms with Crippen LogP contribution in [-0.2, 0) is 21.9 Å². The van der Waals surface area contributed by atoms with E-state index >= 15 is 0 Å². The zero-order valence-electron chi connectivity index (χ0n) is 12.8. The highest BCUT2D eigenvalue weighted by Crippen LogP contribution is 2.44. The zero-order valence-corrected chi connectivity index (χ0v) is 12.8. The number of hydrogen-bond acceptors (Lipinski definition) is 3. The van der Waals surface area contributed by atoms with Crippen molar-refractivity contribution in [2.24, 2.45) is 11.1 Å². The van der Waals surface area contributed by atoms with Gasteiger partial charge in [0.05, 0.1) is 23.7 Å². The van der Waals surface area contributed by atoms with Crippen molar-refractivity contribution in [3.63, 3.8) is 0 Å². The number of carbonyl (C=O) groups excluding carboxylic acids is 1. The number of methoxy groups -OCH3 is 1. The summed E-state index contributed by atoms with van der Waals surface area (Å²) < 4.78 is 95.8. The fourth-order valence-electron chi connectivity index (χ4n) is 2.08. The normalized spacial score (nSPS) is 14.5. The molecular formula is C14H14F7NO2. The van der Waals surface area contributed by atoms with Crippen LogP contribution in [0.4, 0.5) is 30.7 Å². The third kappa shape index (κ3) is 3.80. The van der Waals surface area contributed by atoms with Crippen LogP contribution in [0.5, 0.6) is 0 Å². The van der Waals surface area contributed by atoms with Crippen LogP contribution in [0.1, 0.15) is 36.6 Å². The van der Waals surface area contributed by atoms with Gasteiger partial charge in [0.2, 0.25) is 0 Å². The Morgan fingerprint density at radius 2 is 1.58 bits per heavy atom. The molecule has 10 heteroatoms. The van der Waals surface area contributed by atoms with Gasteiger partial charge in [-0.25, -0.2) is 4.39 Å². The van der Waals surface area contributed by atoms with Crippen molar-refractivity contribution < 1.29 is 40.3 Å². The van der Waals surface area contributed by atoms with Gasteiger partial charge in [0.1, 0.15) is 5.82 Å². The molecule has 0 aliphatic carbocycles.